The van der Waals surface area contributed by atoms with E-state index in [1.807, 2.05) is 24.0 Å². The Kier molecular flexibility index (Phi) is 6.47. The van der Waals surface area contributed by atoms with Gasteiger partial charge in [0.25, 0.3) is 0 Å². The van der Waals surface area contributed by atoms with E-state index >= 15 is 0 Å². The van der Waals surface area contributed by atoms with Crippen LogP contribution in [0.2, 0.25) is 0 Å². The molecule has 1 aliphatic carbocycles. The van der Waals surface area contributed by atoms with E-state index < -0.39 is 9.84 Å². The lowest BCUT2D eigenvalue weighted by molar-refractivity contribution is -0.127. The van der Waals surface area contributed by atoms with Crippen LogP contribution in [0.1, 0.15) is 55.3 Å². The molecule has 7 heteroatoms. The van der Waals surface area contributed by atoms with Crippen molar-refractivity contribution in [3.63, 3.8) is 0 Å². The lowest BCUT2D eigenvalue weighted by Gasteiger charge is -2.21. The van der Waals surface area contributed by atoms with Gasteiger partial charge in [0.1, 0.15) is 5.78 Å². The minimum absolute atomic E-state index is 0.0638. The second kappa shape index (κ2) is 9.14. The smallest absolute Gasteiger partial charge is 0.219 e. The minimum Gasteiger partial charge on any atom is -0.343 e. The highest BCUT2D eigenvalue weighted by Crippen LogP contribution is 2.35. The van der Waals surface area contributed by atoms with Crippen LogP contribution in [0.5, 0.6) is 0 Å². The van der Waals surface area contributed by atoms with Crippen LogP contribution in [0.4, 0.5) is 0 Å². The average Bonchev–Trinajstić information content (AvgIpc) is 3.53. The van der Waals surface area contributed by atoms with Crippen molar-refractivity contribution in [3.05, 3.63) is 59.4 Å². The van der Waals surface area contributed by atoms with Crippen molar-refractivity contribution in [1.82, 2.24) is 9.88 Å². The predicted octanol–water partition coefficient (Wildman–Crippen LogP) is 3.48. The number of sulfone groups is 1. The first-order valence-corrected chi connectivity index (χ1v) is 12.8. The molecule has 6 nitrogen and oxygen atoms in total. The van der Waals surface area contributed by atoms with Gasteiger partial charge in [-0.25, -0.2) is 8.42 Å². The van der Waals surface area contributed by atoms with Gasteiger partial charge in [0.2, 0.25) is 5.91 Å². The maximum atomic E-state index is 13.4. The lowest BCUT2D eigenvalue weighted by atomic mass is 9.84. The largest absolute Gasteiger partial charge is 0.343 e. The Morgan fingerprint density at radius 3 is 2.38 bits per heavy atom. The summed E-state index contributed by atoms with van der Waals surface area (Å²) in [6, 6.07) is 10.7. The molecule has 32 heavy (non-hydrogen) atoms. The third kappa shape index (κ3) is 5.09. The van der Waals surface area contributed by atoms with Gasteiger partial charge in [0.05, 0.1) is 10.1 Å². The molecule has 0 N–H and O–H groups in total. The first-order valence-electron chi connectivity index (χ1n) is 11.3. The SMILES string of the molecule is CC(=O)N1CC[C@H](C[C@@H](C(=O)Cc2ccc(C)cn2)c2ccc(S(=O)(=O)C3CC3)cc2)C1. The Hall–Kier alpha value is -2.54. The van der Waals surface area contributed by atoms with Crippen molar-refractivity contribution in [1.29, 1.82) is 0 Å². The van der Waals surface area contributed by atoms with E-state index in [0.29, 0.717) is 17.9 Å². The topological polar surface area (TPSA) is 84.4 Å². The number of likely N-dealkylation sites (tertiary alicyclic amines) is 1. The molecule has 1 saturated heterocycles. The van der Waals surface area contributed by atoms with Crippen LogP contribution in [-0.4, -0.2) is 48.3 Å². The summed E-state index contributed by atoms with van der Waals surface area (Å²) in [7, 11) is -3.26. The van der Waals surface area contributed by atoms with Crippen molar-refractivity contribution < 1.29 is 18.0 Å². The molecule has 2 atom stereocenters. The highest BCUT2D eigenvalue weighted by molar-refractivity contribution is 7.92. The molecular formula is C25H30N2O4S. The number of hydrogen-bond acceptors (Lipinski definition) is 5. The summed E-state index contributed by atoms with van der Waals surface area (Å²) in [6.07, 6.45) is 4.96. The summed E-state index contributed by atoms with van der Waals surface area (Å²) < 4.78 is 25.1. The van der Waals surface area contributed by atoms with Gasteiger partial charge < -0.3 is 4.90 Å². The standard InChI is InChI=1S/C25H30N2O4S/c1-17-3-6-21(26-15-17)14-25(29)24(13-19-11-12-27(16-19)18(2)28)20-4-7-22(8-5-20)32(30,31)23-9-10-23/h3-8,15,19,23-24H,9-14,16H2,1-2H3/t19-,24-/m1/s1. The number of Topliss-reactive ketones (excluding diaryl/α,β-unsaturated/α-hetero) is 1. The zero-order chi connectivity index (χ0) is 22.9. The molecule has 0 spiro atoms. The van der Waals surface area contributed by atoms with Gasteiger partial charge in [-0.15, -0.1) is 0 Å². The lowest BCUT2D eigenvalue weighted by Crippen LogP contribution is -2.26. The predicted molar refractivity (Wildman–Crippen MR) is 122 cm³/mol. The second-order valence-corrected chi connectivity index (χ2v) is 11.4. The molecule has 0 unspecified atom stereocenters. The molecule has 4 rings (SSSR count). The fourth-order valence-corrected chi connectivity index (χ4v) is 6.12. The van der Waals surface area contributed by atoms with E-state index in [-0.39, 0.29) is 35.2 Å². The molecule has 2 aromatic rings. The first kappa shape index (κ1) is 22.6. The first-order chi connectivity index (χ1) is 15.2. The number of rotatable bonds is 8. The summed E-state index contributed by atoms with van der Waals surface area (Å²) in [6.45, 7) is 4.92. The van der Waals surface area contributed by atoms with E-state index in [9.17, 15) is 18.0 Å². The van der Waals surface area contributed by atoms with Crippen molar-refractivity contribution in [2.45, 2.75) is 62.0 Å². The second-order valence-electron chi connectivity index (χ2n) is 9.19. The Labute approximate surface area is 190 Å². The third-order valence-corrected chi connectivity index (χ3v) is 8.87. The molecule has 0 bridgehead atoms. The summed E-state index contributed by atoms with van der Waals surface area (Å²) >= 11 is 0. The molecule has 170 valence electrons. The molecule has 2 aliphatic rings. The van der Waals surface area contributed by atoms with Gasteiger partial charge in [0.15, 0.2) is 9.84 Å². The van der Waals surface area contributed by atoms with Crippen LogP contribution in [0.25, 0.3) is 0 Å². The number of carbonyl (C=O) groups excluding carboxylic acids is 2. The van der Waals surface area contributed by atoms with Gasteiger partial charge in [-0.05, 0) is 67.9 Å². The normalized spacial score (nSPS) is 19.7. The number of nitrogens with zero attached hydrogens (tertiary/aromatic N) is 2. The minimum atomic E-state index is -3.26. The number of amides is 1. The maximum Gasteiger partial charge on any atom is 0.219 e. The molecule has 1 aliphatic heterocycles. The fourth-order valence-electron chi connectivity index (χ4n) is 4.46. The molecule has 0 radical (unpaired) electrons. The zero-order valence-electron chi connectivity index (χ0n) is 18.7. The molecule has 1 amide bonds. The highest BCUT2D eigenvalue weighted by atomic mass is 32.2. The number of aromatic nitrogens is 1. The van der Waals surface area contributed by atoms with Crippen molar-refractivity contribution in [2.24, 2.45) is 5.92 Å². The molecule has 2 fully saturated rings. The maximum absolute atomic E-state index is 13.4. The third-order valence-electron chi connectivity index (χ3n) is 6.59. The monoisotopic (exact) mass is 454 g/mol. The Bertz CT molecular complexity index is 1090. The van der Waals surface area contributed by atoms with Crippen LogP contribution < -0.4 is 0 Å². The van der Waals surface area contributed by atoms with Gasteiger partial charge >= 0.3 is 0 Å². The van der Waals surface area contributed by atoms with Crippen LogP contribution in [0.3, 0.4) is 0 Å². The van der Waals surface area contributed by atoms with E-state index in [2.05, 4.69) is 4.98 Å². The summed E-state index contributed by atoms with van der Waals surface area (Å²) in [5, 5.41) is -0.255. The van der Waals surface area contributed by atoms with E-state index in [1.54, 1.807) is 37.4 Å². The number of benzene rings is 1. The zero-order valence-corrected chi connectivity index (χ0v) is 19.5. The molecule has 1 saturated carbocycles. The number of carbonyl (C=O) groups is 2. The quantitative estimate of drug-likeness (QED) is 0.610. The van der Waals surface area contributed by atoms with Gasteiger partial charge in [-0.2, -0.15) is 0 Å². The summed E-state index contributed by atoms with van der Waals surface area (Å²) in [5.41, 5.74) is 2.61. The molecule has 1 aromatic heterocycles. The van der Waals surface area contributed by atoms with Gasteiger partial charge in [0, 0.05) is 44.2 Å². The Morgan fingerprint density at radius 1 is 1.09 bits per heavy atom. The number of aryl methyl sites for hydroxylation is 1. The van der Waals surface area contributed by atoms with Crippen molar-refractivity contribution in [2.75, 3.05) is 13.1 Å². The average molecular weight is 455 g/mol. The van der Waals surface area contributed by atoms with Gasteiger partial charge in [-0.1, -0.05) is 18.2 Å². The number of pyridine rings is 1. The summed E-state index contributed by atoms with van der Waals surface area (Å²) in [4.78, 5) is 31.6. The van der Waals surface area contributed by atoms with Crippen molar-refractivity contribution >= 4 is 21.5 Å². The van der Waals surface area contributed by atoms with E-state index in [1.165, 1.54) is 0 Å². The highest BCUT2D eigenvalue weighted by Gasteiger charge is 2.37. The Balaban J connectivity index is 1.55. The van der Waals surface area contributed by atoms with E-state index in [0.717, 1.165) is 42.6 Å². The number of hydrogen-bond donors (Lipinski definition) is 0. The van der Waals surface area contributed by atoms with Crippen LogP contribution in [0, 0.1) is 12.8 Å². The molecular weight excluding hydrogens is 424 g/mol. The van der Waals surface area contributed by atoms with Crippen LogP contribution >= 0.6 is 0 Å². The van der Waals surface area contributed by atoms with Crippen LogP contribution in [-0.2, 0) is 25.8 Å². The Morgan fingerprint density at radius 2 is 1.81 bits per heavy atom. The van der Waals surface area contributed by atoms with Gasteiger partial charge in [-0.3, -0.25) is 14.6 Å². The molecule has 2 heterocycles. The summed E-state index contributed by atoms with van der Waals surface area (Å²) in [5.74, 6) is 0.0238. The van der Waals surface area contributed by atoms with Crippen LogP contribution in [0.15, 0.2) is 47.5 Å². The van der Waals surface area contributed by atoms with E-state index in [4.69, 9.17) is 0 Å². The fraction of sp³-hybridized carbons (Fsp3) is 0.480. The number of ketones is 1. The van der Waals surface area contributed by atoms with Crippen molar-refractivity contribution in [3.8, 4) is 0 Å². The molecule has 1 aromatic carbocycles.